The molecule has 0 aromatic heterocycles. The van der Waals surface area contributed by atoms with Crippen molar-refractivity contribution in [3.05, 3.63) is 48.1 Å². The fourth-order valence-electron chi connectivity index (χ4n) is 1.30. The van der Waals surface area contributed by atoms with Gasteiger partial charge in [0, 0.05) is 0 Å². The van der Waals surface area contributed by atoms with Crippen LogP contribution >= 0.6 is 0 Å². The molecule has 0 saturated carbocycles. The molecule has 1 aliphatic rings. The Balaban J connectivity index is 2.68. The molecule has 0 fully saturated rings. The third-order valence-electron chi connectivity index (χ3n) is 1.79. The van der Waals surface area contributed by atoms with E-state index >= 15 is 0 Å². The number of rotatable bonds is 2. The second-order valence-corrected chi connectivity index (χ2v) is 2.70. The van der Waals surface area contributed by atoms with Gasteiger partial charge in [0.1, 0.15) is 0 Å². The minimum atomic E-state index is 1.17. The first-order valence-corrected chi connectivity index (χ1v) is 4.01. The molecular weight excluding hydrogens is 132 g/mol. The van der Waals surface area contributed by atoms with Gasteiger partial charge in [0.15, 0.2) is 0 Å². The molecule has 0 aromatic rings. The van der Waals surface area contributed by atoms with Crippen LogP contribution in [0.15, 0.2) is 48.1 Å². The minimum absolute atomic E-state index is 1.17. The summed E-state index contributed by atoms with van der Waals surface area (Å²) in [5.41, 5.74) is 2.83. The van der Waals surface area contributed by atoms with Crippen LogP contribution in [0.4, 0.5) is 0 Å². The molecule has 0 bridgehead atoms. The molecule has 1 aliphatic carbocycles. The number of allylic oxidation sites excluding steroid dienone is 7. The lowest BCUT2D eigenvalue weighted by Crippen LogP contribution is -1.67. The predicted octanol–water partition coefficient (Wildman–Crippen LogP) is 3.40. The van der Waals surface area contributed by atoms with E-state index in [0.717, 1.165) is 0 Å². The highest BCUT2D eigenvalue weighted by Gasteiger charge is 2.04. The first-order valence-electron chi connectivity index (χ1n) is 4.01. The molecule has 0 saturated heterocycles. The second kappa shape index (κ2) is 3.97. The van der Waals surface area contributed by atoms with Crippen LogP contribution in [0.1, 0.15) is 19.8 Å². The smallest absolute Gasteiger partial charge is 0.0238 e. The normalized spacial score (nSPS) is 21.2. The van der Waals surface area contributed by atoms with Crippen molar-refractivity contribution in [1.29, 1.82) is 0 Å². The second-order valence-electron chi connectivity index (χ2n) is 2.70. The minimum Gasteiger partial charge on any atom is -0.0991 e. The van der Waals surface area contributed by atoms with Gasteiger partial charge in [-0.15, -0.1) is 0 Å². The molecule has 0 radical (unpaired) electrons. The van der Waals surface area contributed by atoms with Crippen molar-refractivity contribution in [1.82, 2.24) is 0 Å². The van der Waals surface area contributed by atoms with Gasteiger partial charge in [0.2, 0.25) is 0 Å². The lowest BCUT2D eigenvalue weighted by atomic mass is 10.2. The average Bonchev–Trinajstić information content (AvgIpc) is 2.38. The Bertz CT molecular complexity index is 226. The van der Waals surface area contributed by atoms with Crippen molar-refractivity contribution < 1.29 is 0 Å². The molecule has 0 aliphatic heterocycles. The zero-order chi connectivity index (χ0) is 8.10. The molecule has 0 amide bonds. The molecule has 0 aromatic carbocycles. The quantitative estimate of drug-likeness (QED) is 0.560. The van der Waals surface area contributed by atoms with Crippen molar-refractivity contribution in [2.24, 2.45) is 0 Å². The van der Waals surface area contributed by atoms with E-state index in [4.69, 9.17) is 0 Å². The topological polar surface area (TPSA) is 0 Å². The van der Waals surface area contributed by atoms with Gasteiger partial charge in [0.25, 0.3) is 0 Å². The van der Waals surface area contributed by atoms with E-state index in [9.17, 15) is 0 Å². The van der Waals surface area contributed by atoms with Crippen LogP contribution in [-0.2, 0) is 0 Å². The number of hydrogen-bond donors (Lipinski definition) is 0. The predicted molar refractivity (Wildman–Crippen MR) is 50.4 cm³/mol. The zero-order valence-electron chi connectivity index (χ0n) is 7.01. The zero-order valence-corrected chi connectivity index (χ0v) is 7.01. The van der Waals surface area contributed by atoms with Crippen molar-refractivity contribution in [2.75, 3.05) is 0 Å². The van der Waals surface area contributed by atoms with E-state index in [2.05, 4.69) is 37.8 Å². The summed E-state index contributed by atoms with van der Waals surface area (Å²) in [6.45, 7) is 5.72. The van der Waals surface area contributed by atoms with Gasteiger partial charge < -0.3 is 0 Å². The van der Waals surface area contributed by atoms with Crippen LogP contribution in [0.25, 0.3) is 0 Å². The fourth-order valence-corrected chi connectivity index (χ4v) is 1.30. The Morgan fingerprint density at radius 1 is 1.45 bits per heavy atom. The van der Waals surface area contributed by atoms with E-state index in [1.165, 1.54) is 24.0 Å². The SMILES string of the molecule is C=CC=C1C=C(C=CC)CC1. The maximum Gasteiger partial charge on any atom is -0.0238 e. The van der Waals surface area contributed by atoms with Crippen LogP contribution in [0, 0.1) is 0 Å². The highest BCUT2D eigenvalue weighted by atomic mass is 14.1. The molecule has 0 heteroatoms. The van der Waals surface area contributed by atoms with Crippen molar-refractivity contribution in [2.45, 2.75) is 19.8 Å². The third-order valence-corrected chi connectivity index (χ3v) is 1.79. The Labute approximate surface area is 68.6 Å². The van der Waals surface area contributed by atoms with Crippen LogP contribution in [0.5, 0.6) is 0 Å². The highest BCUT2D eigenvalue weighted by Crippen LogP contribution is 2.23. The summed E-state index contributed by atoms with van der Waals surface area (Å²) in [5, 5.41) is 0. The summed E-state index contributed by atoms with van der Waals surface area (Å²) in [6, 6.07) is 0. The van der Waals surface area contributed by atoms with E-state index in [1.807, 2.05) is 6.08 Å². The summed E-state index contributed by atoms with van der Waals surface area (Å²) in [4.78, 5) is 0. The Morgan fingerprint density at radius 2 is 2.27 bits per heavy atom. The largest absolute Gasteiger partial charge is 0.0991 e. The van der Waals surface area contributed by atoms with Crippen LogP contribution in [-0.4, -0.2) is 0 Å². The van der Waals surface area contributed by atoms with Gasteiger partial charge >= 0.3 is 0 Å². The molecular formula is C11H14. The molecule has 11 heavy (non-hydrogen) atoms. The average molecular weight is 146 g/mol. The lowest BCUT2D eigenvalue weighted by molar-refractivity contribution is 1.03. The Morgan fingerprint density at radius 3 is 2.91 bits per heavy atom. The molecule has 0 heterocycles. The van der Waals surface area contributed by atoms with Gasteiger partial charge in [-0.2, -0.15) is 0 Å². The first kappa shape index (κ1) is 8.06. The van der Waals surface area contributed by atoms with Crippen molar-refractivity contribution in [3.63, 3.8) is 0 Å². The molecule has 58 valence electrons. The molecule has 0 atom stereocenters. The summed E-state index contributed by atoms with van der Waals surface area (Å²) < 4.78 is 0. The monoisotopic (exact) mass is 146 g/mol. The van der Waals surface area contributed by atoms with Gasteiger partial charge in [-0.1, -0.05) is 37.0 Å². The maximum atomic E-state index is 3.67. The van der Waals surface area contributed by atoms with Crippen LogP contribution < -0.4 is 0 Å². The Hall–Kier alpha value is -1.04. The van der Waals surface area contributed by atoms with E-state index < -0.39 is 0 Å². The lowest BCUT2D eigenvalue weighted by Gasteiger charge is -1.86. The standard InChI is InChI=1S/C11H14/c1-3-5-10-7-8-11(9-10)6-4-2/h3-6,9H,1,7-8H2,2H3. The van der Waals surface area contributed by atoms with Crippen LogP contribution in [0.2, 0.25) is 0 Å². The van der Waals surface area contributed by atoms with E-state index in [-0.39, 0.29) is 0 Å². The van der Waals surface area contributed by atoms with Gasteiger partial charge in [-0.05, 0) is 30.9 Å². The van der Waals surface area contributed by atoms with Gasteiger partial charge in [0.05, 0.1) is 0 Å². The number of hydrogen-bond acceptors (Lipinski definition) is 0. The van der Waals surface area contributed by atoms with Crippen molar-refractivity contribution >= 4 is 0 Å². The third kappa shape index (κ3) is 2.23. The van der Waals surface area contributed by atoms with E-state index in [0.29, 0.717) is 0 Å². The van der Waals surface area contributed by atoms with Crippen molar-refractivity contribution in [3.8, 4) is 0 Å². The highest BCUT2D eigenvalue weighted by molar-refractivity contribution is 5.37. The molecule has 1 rings (SSSR count). The fraction of sp³-hybridized carbons (Fsp3) is 0.273. The maximum absolute atomic E-state index is 3.67. The van der Waals surface area contributed by atoms with Crippen LogP contribution in [0.3, 0.4) is 0 Å². The van der Waals surface area contributed by atoms with E-state index in [1.54, 1.807) is 0 Å². The first-order chi connectivity index (χ1) is 5.36. The molecule has 0 nitrogen and oxygen atoms in total. The summed E-state index contributed by atoms with van der Waals surface area (Å²) in [7, 11) is 0. The molecule has 0 N–H and O–H groups in total. The molecule has 0 spiro atoms. The van der Waals surface area contributed by atoms with Gasteiger partial charge in [-0.25, -0.2) is 0 Å². The summed E-state index contributed by atoms with van der Waals surface area (Å²) in [5.74, 6) is 0. The summed E-state index contributed by atoms with van der Waals surface area (Å²) in [6.07, 6.45) is 12.8. The Kier molecular flexibility index (Phi) is 2.91. The van der Waals surface area contributed by atoms with Gasteiger partial charge in [-0.3, -0.25) is 0 Å². The molecule has 0 unspecified atom stereocenters. The summed E-state index contributed by atoms with van der Waals surface area (Å²) >= 11 is 0.